The second-order valence-corrected chi connectivity index (χ2v) is 9.48. The molecule has 4 rings (SSSR count). The molecule has 198 valence electrons. The van der Waals surface area contributed by atoms with Crippen LogP contribution in [-0.4, -0.2) is 52.9 Å². The third-order valence-corrected chi connectivity index (χ3v) is 6.55. The number of amides is 2. The number of carbonyl (C=O) groups is 2. The van der Waals surface area contributed by atoms with Crippen molar-refractivity contribution in [2.45, 2.75) is 19.8 Å². The first-order chi connectivity index (χ1) is 18.2. The maximum Gasteiger partial charge on any atom is 0.293 e. The van der Waals surface area contributed by atoms with Crippen molar-refractivity contribution in [1.82, 2.24) is 10.2 Å². The molecule has 0 saturated carbocycles. The van der Waals surface area contributed by atoms with Crippen molar-refractivity contribution in [2.75, 3.05) is 36.4 Å². The molecule has 12 heteroatoms. The third kappa shape index (κ3) is 6.48. The largest absolute Gasteiger partial charge is 0.451 e. The lowest BCUT2D eigenvalue weighted by Gasteiger charge is -2.36. The van der Waals surface area contributed by atoms with E-state index in [0.29, 0.717) is 54.6 Å². The van der Waals surface area contributed by atoms with Gasteiger partial charge in [-0.25, -0.2) is 0 Å². The molecule has 2 amide bonds. The minimum absolute atomic E-state index is 0.000553. The van der Waals surface area contributed by atoms with Gasteiger partial charge in [0.05, 0.1) is 15.6 Å². The van der Waals surface area contributed by atoms with Crippen LogP contribution in [0.25, 0.3) is 11.3 Å². The first-order valence-electron chi connectivity index (χ1n) is 12.0. The topological polar surface area (TPSA) is 121 Å². The van der Waals surface area contributed by atoms with E-state index in [1.165, 1.54) is 18.2 Å². The summed E-state index contributed by atoms with van der Waals surface area (Å²) in [6.07, 6.45) is 1.40. The molecule has 0 bridgehead atoms. The number of furan rings is 1. The fourth-order valence-electron chi connectivity index (χ4n) is 4.12. The number of benzene rings is 2. The number of nitrogens with one attached hydrogen (secondary N) is 2. The number of thiocarbonyl (C=S) groups is 1. The van der Waals surface area contributed by atoms with Crippen LogP contribution in [0, 0.1) is 10.1 Å². The van der Waals surface area contributed by atoms with Crippen LogP contribution in [0.5, 0.6) is 0 Å². The smallest absolute Gasteiger partial charge is 0.293 e. The van der Waals surface area contributed by atoms with E-state index in [9.17, 15) is 19.7 Å². The first-order valence-corrected chi connectivity index (χ1v) is 12.8. The molecule has 0 radical (unpaired) electrons. The minimum Gasteiger partial charge on any atom is -0.451 e. The molecule has 1 fully saturated rings. The summed E-state index contributed by atoms with van der Waals surface area (Å²) in [5.41, 5.74) is 1.85. The van der Waals surface area contributed by atoms with E-state index in [0.717, 1.165) is 12.1 Å². The summed E-state index contributed by atoms with van der Waals surface area (Å²) in [4.78, 5) is 39.3. The van der Waals surface area contributed by atoms with E-state index in [-0.39, 0.29) is 22.5 Å². The van der Waals surface area contributed by atoms with Crippen molar-refractivity contribution in [3.63, 3.8) is 0 Å². The highest BCUT2D eigenvalue weighted by Crippen LogP contribution is 2.30. The van der Waals surface area contributed by atoms with Gasteiger partial charge in [-0.15, -0.1) is 0 Å². The second kappa shape index (κ2) is 12.1. The number of piperazine rings is 1. The van der Waals surface area contributed by atoms with Gasteiger partial charge in [0.15, 0.2) is 10.9 Å². The van der Waals surface area contributed by atoms with Gasteiger partial charge in [-0.1, -0.05) is 30.7 Å². The van der Waals surface area contributed by atoms with Gasteiger partial charge in [0, 0.05) is 56.0 Å². The summed E-state index contributed by atoms with van der Waals surface area (Å²) < 4.78 is 5.58. The summed E-state index contributed by atoms with van der Waals surface area (Å²) in [6, 6.07) is 14.4. The van der Waals surface area contributed by atoms with Gasteiger partial charge < -0.3 is 19.5 Å². The van der Waals surface area contributed by atoms with Crippen molar-refractivity contribution < 1.29 is 18.9 Å². The van der Waals surface area contributed by atoms with Gasteiger partial charge >= 0.3 is 0 Å². The first kappa shape index (κ1) is 27.1. The van der Waals surface area contributed by atoms with E-state index in [4.69, 9.17) is 28.2 Å². The summed E-state index contributed by atoms with van der Waals surface area (Å²) in [7, 11) is 0. The number of halogens is 1. The van der Waals surface area contributed by atoms with Crippen LogP contribution in [-0.2, 0) is 4.79 Å². The van der Waals surface area contributed by atoms with Crippen LogP contribution < -0.4 is 15.5 Å². The number of carbonyl (C=O) groups excluding carboxylic acids is 2. The standard InChI is InChI=1S/C26H26ClN5O5S/c1-2-4-24(33)31-13-11-30(12-14-31)21-8-7-18(16-20(21)27)28-26(38)29-25(34)23-10-9-22(37-23)17-5-3-6-19(15-17)32(35)36/h3,5-10,15-16H,2,4,11-14H2,1H3,(H2,28,29,34,38). The fourth-order valence-corrected chi connectivity index (χ4v) is 4.64. The predicted octanol–water partition coefficient (Wildman–Crippen LogP) is 5.08. The molecule has 1 aromatic heterocycles. The Morgan fingerprint density at radius 2 is 1.87 bits per heavy atom. The van der Waals surface area contributed by atoms with E-state index in [1.807, 2.05) is 24.0 Å². The van der Waals surface area contributed by atoms with E-state index < -0.39 is 10.8 Å². The molecule has 1 aliphatic heterocycles. The fraction of sp³-hybridized carbons (Fsp3) is 0.269. The average molecular weight is 556 g/mol. The van der Waals surface area contributed by atoms with Gasteiger partial charge in [-0.05, 0) is 49.0 Å². The molecule has 0 unspecified atom stereocenters. The highest BCUT2D eigenvalue weighted by atomic mass is 35.5. The number of hydrogen-bond acceptors (Lipinski definition) is 7. The Morgan fingerprint density at radius 3 is 2.55 bits per heavy atom. The normalized spacial score (nSPS) is 13.2. The molecule has 2 aromatic carbocycles. The number of anilines is 2. The number of nitro groups is 1. The summed E-state index contributed by atoms with van der Waals surface area (Å²) in [5, 5.41) is 17.1. The maximum atomic E-state index is 12.6. The van der Waals surface area contributed by atoms with Gasteiger partial charge in [0.25, 0.3) is 11.6 Å². The van der Waals surface area contributed by atoms with E-state index in [1.54, 1.807) is 24.3 Å². The Morgan fingerprint density at radius 1 is 1.11 bits per heavy atom. The highest BCUT2D eigenvalue weighted by molar-refractivity contribution is 7.80. The summed E-state index contributed by atoms with van der Waals surface area (Å²) in [5.74, 6) is -0.0724. The van der Waals surface area contributed by atoms with Crippen molar-refractivity contribution in [1.29, 1.82) is 0 Å². The lowest BCUT2D eigenvalue weighted by molar-refractivity contribution is -0.384. The van der Waals surface area contributed by atoms with Crippen molar-refractivity contribution >= 4 is 57.8 Å². The van der Waals surface area contributed by atoms with Crippen molar-refractivity contribution in [2.24, 2.45) is 0 Å². The molecule has 2 heterocycles. The number of hydrogen-bond donors (Lipinski definition) is 2. The van der Waals surface area contributed by atoms with Crippen LogP contribution in [0.4, 0.5) is 17.1 Å². The van der Waals surface area contributed by atoms with Gasteiger partial charge in [0.1, 0.15) is 5.76 Å². The Balaban J connectivity index is 1.33. The summed E-state index contributed by atoms with van der Waals surface area (Å²) >= 11 is 11.8. The van der Waals surface area contributed by atoms with E-state index in [2.05, 4.69) is 15.5 Å². The quantitative estimate of drug-likeness (QED) is 0.235. The molecule has 0 atom stereocenters. The Hall–Kier alpha value is -3.96. The number of nitrogens with zero attached hydrogens (tertiary/aromatic N) is 3. The zero-order chi connectivity index (χ0) is 27.2. The molecule has 10 nitrogen and oxygen atoms in total. The van der Waals surface area contributed by atoms with Crippen LogP contribution in [0.1, 0.15) is 30.3 Å². The van der Waals surface area contributed by atoms with Gasteiger partial charge in [0.2, 0.25) is 5.91 Å². The highest BCUT2D eigenvalue weighted by Gasteiger charge is 2.22. The maximum absolute atomic E-state index is 12.6. The second-order valence-electron chi connectivity index (χ2n) is 8.66. The molecular weight excluding hydrogens is 530 g/mol. The van der Waals surface area contributed by atoms with Crippen molar-refractivity contribution in [3.8, 4) is 11.3 Å². The SMILES string of the molecule is CCCC(=O)N1CCN(c2ccc(NC(=S)NC(=O)c3ccc(-c4cccc([N+](=O)[O-])c4)o3)cc2Cl)CC1. The van der Waals surface area contributed by atoms with Crippen LogP contribution >= 0.6 is 23.8 Å². The zero-order valence-corrected chi connectivity index (χ0v) is 22.2. The van der Waals surface area contributed by atoms with Gasteiger partial charge in [-0.3, -0.25) is 25.0 Å². The molecule has 2 N–H and O–H groups in total. The third-order valence-electron chi connectivity index (χ3n) is 6.04. The van der Waals surface area contributed by atoms with Crippen LogP contribution in [0.15, 0.2) is 59.0 Å². The van der Waals surface area contributed by atoms with Crippen molar-refractivity contribution in [3.05, 3.63) is 75.5 Å². The lowest BCUT2D eigenvalue weighted by atomic mass is 10.1. The molecule has 0 spiro atoms. The van der Waals surface area contributed by atoms with Gasteiger partial charge in [-0.2, -0.15) is 0 Å². The lowest BCUT2D eigenvalue weighted by Crippen LogP contribution is -2.48. The predicted molar refractivity (Wildman–Crippen MR) is 150 cm³/mol. The Kier molecular flexibility index (Phi) is 8.59. The molecular formula is C26H26ClN5O5S. The summed E-state index contributed by atoms with van der Waals surface area (Å²) in [6.45, 7) is 4.69. The Bertz CT molecular complexity index is 1370. The molecule has 3 aromatic rings. The average Bonchev–Trinajstić information content (AvgIpc) is 3.40. The minimum atomic E-state index is -0.572. The molecule has 1 saturated heterocycles. The number of nitro benzene ring substituents is 1. The molecule has 0 aliphatic carbocycles. The number of non-ortho nitro benzene ring substituents is 1. The molecule has 1 aliphatic rings. The number of rotatable bonds is 7. The zero-order valence-electron chi connectivity index (χ0n) is 20.6. The Labute approximate surface area is 229 Å². The monoisotopic (exact) mass is 555 g/mol. The molecule has 38 heavy (non-hydrogen) atoms. The van der Waals surface area contributed by atoms with Crippen LogP contribution in [0.3, 0.4) is 0 Å². The van der Waals surface area contributed by atoms with Crippen LogP contribution in [0.2, 0.25) is 5.02 Å². The van der Waals surface area contributed by atoms with E-state index >= 15 is 0 Å².